The van der Waals surface area contributed by atoms with E-state index in [1.165, 1.54) is 32.1 Å². The topological polar surface area (TPSA) is 4.44 Å². The summed E-state index contributed by atoms with van der Waals surface area (Å²) in [6, 6.07) is 0.971. The van der Waals surface area contributed by atoms with Crippen LogP contribution in [0.15, 0.2) is 0 Å². The van der Waals surface area contributed by atoms with Crippen molar-refractivity contribution >= 4 is 28.0 Å². The number of nitrogens with one attached hydrogen (secondary N) is 1. The summed E-state index contributed by atoms with van der Waals surface area (Å²) in [5.41, 5.74) is -18.5. The third-order valence-corrected chi connectivity index (χ3v) is 10.2. The lowest BCUT2D eigenvalue weighted by Crippen LogP contribution is -3.10. The first kappa shape index (κ1) is 42.5. The Balaban J connectivity index is 0.000000631. The summed E-state index contributed by atoms with van der Waals surface area (Å²) in [6.07, 6.45) is 0.783. The number of halogens is 16. The summed E-state index contributed by atoms with van der Waals surface area (Å²) < 4.78 is 247. The fourth-order valence-electron chi connectivity index (χ4n) is 7.10. The van der Waals surface area contributed by atoms with Crippen LogP contribution in [0.4, 0.5) is 70.2 Å². The molecule has 0 atom stereocenters. The highest BCUT2D eigenvalue weighted by Crippen LogP contribution is 2.31. The molecule has 0 aliphatic heterocycles. The van der Waals surface area contributed by atoms with Gasteiger partial charge in [0.25, 0.3) is 0 Å². The minimum Gasteiger partial charge on any atom is -0.337 e. The largest absolute Gasteiger partial charge is 0.337 e. The second-order valence-corrected chi connectivity index (χ2v) is 13.5. The van der Waals surface area contributed by atoms with Gasteiger partial charge < -0.3 is 4.90 Å². The van der Waals surface area contributed by atoms with Gasteiger partial charge >= 0.3 is 0 Å². The zero-order valence-corrected chi connectivity index (χ0v) is 29.2. The quantitative estimate of drug-likeness (QED) is 0.127. The van der Waals surface area contributed by atoms with Crippen LogP contribution >= 0.6 is 0 Å². The summed E-state index contributed by atoms with van der Waals surface area (Å²) >= 11 is 0. The van der Waals surface area contributed by atoms with Gasteiger partial charge in [0.15, 0.2) is 46.5 Å². The van der Waals surface area contributed by atoms with E-state index in [4.69, 9.17) is 0 Å². The van der Waals surface area contributed by atoms with Gasteiger partial charge in [-0.15, -0.1) is 21.9 Å². The first-order valence-electron chi connectivity index (χ1n) is 16.3. The predicted molar refractivity (Wildman–Crippen MR) is 168 cm³/mol. The lowest BCUT2D eigenvalue weighted by molar-refractivity contribution is -0.887. The van der Waals surface area contributed by atoms with Gasteiger partial charge in [-0.05, 0) is 53.4 Å². The van der Waals surface area contributed by atoms with E-state index in [2.05, 4.69) is 14.1 Å². The highest BCUT2D eigenvalue weighted by Gasteiger charge is 2.51. The third kappa shape index (κ3) is 6.41. The molecule has 0 aromatic heterocycles. The number of quaternary nitrogens is 1. The van der Waals surface area contributed by atoms with Crippen LogP contribution < -0.4 is 26.8 Å². The maximum atomic E-state index is 15.8. The van der Waals surface area contributed by atoms with Crippen molar-refractivity contribution in [1.82, 2.24) is 0 Å². The van der Waals surface area contributed by atoms with Gasteiger partial charge in [0.2, 0.25) is 0 Å². The number of hydrogen-bond acceptors (Lipinski definition) is 0. The molecule has 1 aliphatic rings. The average Bonchev–Trinajstić information content (AvgIpc) is 3.15. The zero-order chi connectivity index (χ0) is 41.0. The molecule has 1 nitrogen and oxygen atoms in total. The van der Waals surface area contributed by atoms with Crippen LogP contribution in [-0.2, 0) is 0 Å². The van der Waals surface area contributed by atoms with Gasteiger partial charge in [-0.2, -0.15) is 0 Å². The highest BCUT2D eigenvalue weighted by atomic mass is 19.2. The van der Waals surface area contributed by atoms with Gasteiger partial charge in [0.1, 0.15) is 52.7 Å². The molecule has 54 heavy (non-hydrogen) atoms. The van der Waals surface area contributed by atoms with Crippen molar-refractivity contribution in [3.8, 4) is 0 Å². The van der Waals surface area contributed by atoms with Crippen molar-refractivity contribution in [2.24, 2.45) is 0 Å². The number of hydrogen-bond donors (Lipinski definition) is 1. The lowest BCUT2D eigenvalue weighted by Gasteiger charge is -2.45. The minimum atomic E-state index is -6.55. The van der Waals surface area contributed by atoms with Crippen LogP contribution in [0.25, 0.3) is 0 Å². The lowest BCUT2D eigenvalue weighted by atomic mass is 9.12. The molecule has 1 N–H and O–H groups in total. The molecule has 1 saturated carbocycles. The molecule has 4 aromatic carbocycles. The van der Waals surface area contributed by atoms with Crippen molar-refractivity contribution in [3.63, 3.8) is 0 Å². The van der Waals surface area contributed by atoms with Crippen LogP contribution in [0.1, 0.15) is 54.4 Å². The van der Waals surface area contributed by atoms with Crippen LogP contribution in [0.3, 0.4) is 0 Å². The molecular weight excluding hydrogens is 761 g/mol. The molecule has 0 amide bonds. The first-order valence-corrected chi connectivity index (χ1v) is 16.3. The molecule has 0 saturated heterocycles. The molecule has 294 valence electrons. The molecule has 0 radical (unpaired) electrons. The fraction of sp³-hybridized carbons (Fsp3) is 0.333. The van der Waals surface area contributed by atoms with E-state index in [9.17, 15) is 0 Å². The van der Waals surface area contributed by atoms with E-state index in [0.717, 1.165) is 6.04 Å². The van der Waals surface area contributed by atoms with Gasteiger partial charge in [-0.25, -0.2) is 70.2 Å². The van der Waals surface area contributed by atoms with Gasteiger partial charge in [-0.3, -0.25) is 0 Å². The minimum absolute atomic E-state index is 0.292. The van der Waals surface area contributed by atoms with E-state index < -0.39 is 143 Å². The van der Waals surface area contributed by atoms with E-state index in [1.807, 2.05) is 0 Å². The summed E-state index contributed by atoms with van der Waals surface area (Å²) in [7, 11) is 4.55. The molecule has 5 rings (SSSR count). The van der Waals surface area contributed by atoms with Crippen LogP contribution in [0.5, 0.6) is 0 Å². The molecule has 4 aromatic rings. The van der Waals surface area contributed by atoms with Crippen molar-refractivity contribution in [3.05, 3.63) is 115 Å². The van der Waals surface area contributed by atoms with E-state index in [0.29, 0.717) is 27.7 Å². The highest BCUT2D eigenvalue weighted by molar-refractivity contribution is 7.20. The second-order valence-electron chi connectivity index (χ2n) is 13.5. The average molecular weight is 791 g/mol. The van der Waals surface area contributed by atoms with Crippen LogP contribution in [0.2, 0.25) is 0 Å². The summed E-state index contributed by atoms with van der Waals surface area (Å²) in [5, 5.41) is 0. The van der Waals surface area contributed by atoms with Crippen LogP contribution in [-0.4, -0.2) is 26.3 Å². The standard InChI is InChI=1S/C28H12BF16.C8H17N/c1-5-13(30)21(38)9(22(39)14(5)31)29(10-23(40)15(32)6(2)16(33)24(10)41,11-25(42)17(34)7(3)18(35)26(11)43)12-27(44)19(36)8(4)20(37)28(12)45;1-9(2)8-6-4-3-5-7-8/h1-4H3;8H,3-7H2,1-2H3/q-1;/p+1. The summed E-state index contributed by atoms with van der Waals surface area (Å²) in [4.78, 5) is 1.65. The Kier molecular flexibility index (Phi) is 12.2. The Morgan fingerprint density at radius 3 is 0.667 bits per heavy atom. The molecule has 0 heterocycles. The molecule has 0 spiro atoms. The Bertz CT molecular complexity index is 1760. The number of rotatable bonds is 5. The van der Waals surface area contributed by atoms with Crippen molar-refractivity contribution < 1.29 is 75.1 Å². The molecule has 1 aliphatic carbocycles. The third-order valence-electron chi connectivity index (χ3n) is 10.2. The van der Waals surface area contributed by atoms with Gasteiger partial charge in [-0.1, -0.05) is 6.42 Å². The van der Waals surface area contributed by atoms with E-state index >= 15 is 70.2 Å². The number of benzene rings is 4. The Morgan fingerprint density at radius 2 is 0.519 bits per heavy atom. The zero-order valence-electron chi connectivity index (χ0n) is 29.2. The predicted octanol–water partition coefficient (Wildman–Crippen LogP) is 6.99. The normalized spacial score (nSPS) is 13.8. The molecule has 0 unspecified atom stereocenters. The van der Waals surface area contributed by atoms with Gasteiger partial charge in [0, 0.05) is 22.3 Å². The Hall–Kier alpha value is -4.22. The second kappa shape index (κ2) is 15.5. The van der Waals surface area contributed by atoms with E-state index in [-0.39, 0.29) is 0 Å². The maximum Gasteiger partial charge on any atom is 0.161 e. The van der Waals surface area contributed by atoms with E-state index in [1.54, 1.807) is 4.90 Å². The Labute approximate surface area is 298 Å². The van der Waals surface area contributed by atoms with Gasteiger partial charge in [0.05, 0.1) is 20.1 Å². The Morgan fingerprint density at radius 1 is 0.333 bits per heavy atom. The summed E-state index contributed by atoms with van der Waals surface area (Å²) in [6.45, 7) is 1.17. The molecular formula is C36H30BF16N. The fourth-order valence-corrected chi connectivity index (χ4v) is 7.10. The first-order chi connectivity index (χ1) is 25.0. The molecule has 1 fully saturated rings. The van der Waals surface area contributed by atoms with Crippen molar-refractivity contribution in [1.29, 1.82) is 0 Å². The molecule has 0 bridgehead atoms. The summed E-state index contributed by atoms with van der Waals surface area (Å²) in [5.74, 6) is -45.7. The van der Waals surface area contributed by atoms with Crippen LogP contribution in [0, 0.1) is 121 Å². The maximum absolute atomic E-state index is 15.8. The van der Waals surface area contributed by atoms with Crippen molar-refractivity contribution in [2.75, 3.05) is 14.1 Å². The smallest absolute Gasteiger partial charge is 0.161 e. The van der Waals surface area contributed by atoms with Crippen molar-refractivity contribution in [2.45, 2.75) is 65.8 Å². The molecule has 18 heteroatoms. The SMILES string of the molecule is C[NH+](C)C1CCCCC1.Cc1c(F)c(F)c([B-](c2c(F)c(F)c(C)c(F)c2F)(c2c(F)c(F)c(C)c(F)c2F)c2c(F)c(F)c(C)c(F)c2F)c(F)c1F. The monoisotopic (exact) mass is 791 g/mol.